The lowest BCUT2D eigenvalue weighted by atomic mass is 10.1. The van der Waals surface area contributed by atoms with Gasteiger partial charge in [-0.15, -0.1) is 0 Å². The Morgan fingerprint density at radius 3 is 2.58 bits per heavy atom. The smallest absolute Gasteiger partial charge is 0.189 e. The summed E-state index contributed by atoms with van der Waals surface area (Å²) in [6.07, 6.45) is 6.15. The number of aliphatic imine (C=N–C) groups is 1. The zero-order valence-corrected chi connectivity index (χ0v) is 11.7. The summed E-state index contributed by atoms with van der Waals surface area (Å²) in [5.74, 6) is 1.13. The summed E-state index contributed by atoms with van der Waals surface area (Å²) in [6, 6.07) is 8.94. The molecule has 0 heterocycles. The molecule has 2 atom stereocenters. The third-order valence-electron chi connectivity index (χ3n) is 4.07. The van der Waals surface area contributed by atoms with Gasteiger partial charge >= 0.3 is 0 Å². The average molecular weight is 278 g/mol. The summed E-state index contributed by atoms with van der Waals surface area (Å²) in [7, 11) is 0. The molecule has 1 aromatic rings. The fraction of sp³-hybridized carbons (Fsp3) is 0.533. The van der Waals surface area contributed by atoms with Crippen LogP contribution in [0.25, 0.3) is 0 Å². The molecule has 0 bridgehead atoms. The zero-order valence-electron chi connectivity index (χ0n) is 11.0. The van der Waals surface area contributed by atoms with Crippen molar-refractivity contribution in [2.24, 2.45) is 10.7 Å². The normalized spacial score (nSPS) is 27.5. The van der Waals surface area contributed by atoms with Crippen LogP contribution in [0.1, 0.15) is 43.6 Å². The van der Waals surface area contributed by atoms with E-state index in [9.17, 15) is 0 Å². The second-order valence-corrected chi connectivity index (χ2v) is 6.04. The van der Waals surface area contributed by atoms with E-state index >= 15 is 0 Å². The summed E-state index contributed by atoms with van der Waals surface area (Å²) in [5.41, 5.74) is 7.29. The lowest BCUT2D eigenvalue weighted by Gasteiger charge is -2.12. The van der Waals surface area contributed by atoms with Crippen molar-refractivity contribution in [2.75, 3.05) is 0 Å². The van der Waals surface area contributed by atoms with E-state index in [-0.39, 0.29) is 0 Å². The molecule has 3 N–H and O–H groups in total. The Hall–Kier alpha value is -1.22. The minimum atomic E-state index is 0.343. The van der Waals surface area contributed by atoms with Crippen molar-refractivity contribution >= 4 is 17.6 Å². The van der Waals surface area contributed by atoms with Crippen molar-refractivity contribution in [3.8, 4) is 0 Å². The highest BCUT2D eigenvalue weighted by Gasteiger charge is 2.38. The number of benzene rings is 1. The molecule has 102 valence electrons. The van der Waals surface area contributed by atoms with Crippen LogP contribution in [0.5, 0.6) is 0 Å². The number of guanidine groups is 1. The van der Waals surface area contributed by atoms with E-state index in [4.69, 9.17) is 17.3 Å². The van der Waals surface area contributed by atoms with Crippen LogP contribution in [0.2, 0.25) is 5.02 Å². The second kappa shape index (κ2) is 5.41. The molecule has 0 amide bonds. The summed E-state index contributed by atoms with van der Waals surface area (Å²) < 4.78 is 0. The number of nitrogens with one attached hydrogen (secondary N) is 1. The first-order valence-electron chi connectivity index (χ1n) is 7.07. The van der Waals surface area contributed by atoms with Gasteiger partial charge in [-0.05, 0) is 37.0 Å². The number of rotatable bonds is 3. The number of hydrogen-bond acceptors (Lipinski definition) is 1. The Bertz CT molecular complexity index is 463. The topological polar surface area (TPSA) is 50.4 Å². The van der Waals surface area contributed by atoms with Crippen molar-refractivity contribution in [3.63, 3.8) is 0 Å². The van der Waals surface area contributed by atoms with Crippen molar-refractivity contribution in [2.45, 2.75) is 50.1 Å². The lowest BCUT2D eigenvalue weighted by molar-refractivity contribution is 0.625. The minimum absolute atomic E-state index is 0.343. The van der Waals surface area contributed by atoms with Gasteiger partial charge in [0.2, 0.25) is 0 Å². The first-order valence-corrected chi connectivity index (χ1v) is 7.45. The van der Waals surface area contributed by atoms with Gasteiger partial charge in [0.05, 0.1) is 6.04 Å². The molecule has 2 saturated carbocycles. The third-order valence-corrected chi connectivity index (χ3v) is 4.32. The number of nitrogens with two attached hydrogens (primary N) is 1. The van der Waals surface area contributed by atoms with Gasteiger partial charge in [0.15, 0.2) is 5.96 Å². The fourth-order valence-corrected chi connectivity index (χ4v) is 3.01. The van der Waals surface area contributed by atoms with E-state index in [1.54, 1.807) is 0 Å². The predicted molar refractivity (Wildman–Crippen MR) is 79.6 cm³/mol. The van der Waals surface area contributed by atoms with E-state index in [0.717, 1.165) is 11.4 Å². The molecule has 0 aliphatic heterocycles. The molecule has 2 aliphatic carbocycles. The molecule has 19 heavy (non-hydrogen) atoms. The largest absolute Gasteiger partial charge is 0.370 e. The molecule has 0 radical (unpaired) electrons. The van der Waals surface area contributed by atoms with Gasteiger partial charge in [0, 0.05) is 17.0 Å². The number of halogens is 1. The average Bonchev–Trinajstić information content (AvgIpc) is 2.95. The maximum Gasteiger partial charge on any atom is 0.189 e. The molecule has 0 unspecified atom stereocenters. The van der Waals surface area contributed by atoms with Crippen molar-refractivity contribution in [1.29, 1.82) is 0 Å². The second-order valence-electron chi connectivity index (χ2n) is 5.60. The van der Waals surface area contributed by atoms with Gasteiger partial charge in [-0.3, -0.25) is 0 Å². The third kappa shape index (κ3) is 3.21. The molecule has 0 aromatic heterocycles. The van der Waals surface area contributed by atoms with Gasteiger partial charge < -0.3 is 11.1 Å². The van der Waals surface area contributed by atoms with Gasteiger partial charge in [0.25, 0.3) is 0 Å². The van der Waals surface area contributed by atoms with E-state index < -0.39 is 0 Å². The molecule has 3 rings (SSSR count). The number of nitrogens with zero attached hydrogens (tertiary/aromatic N) is 1. The van der Waals surface area contributed by atoms with Crippen LogP contribution < -0.4 is 11.1 Å². The molecule has 4 heteroatoms. The van der Waals surface area contributed by atoms with Crippen LogP contribution in [0.3, 0.4) is 0 Å². The Morgan fingerprint density at radius 2 is 1.89 bits per heavy atom. The summed E-state index contributed by atoms with van der Waals surface area (Å²) >= 11 is 5.90. The summed E-state index contributed by atoms with van der Waals surface area (Å²) in [5, 5.41) is 4.12. The van der Waals surface area contributed by atoms with Crippen molar-refractivity contribution < 1.29 is 0 Å². The molecule has 0 spiro atoms. The fourth-order valence-electron chi connectivity index (χ4n) is 2.89. The Balaban J connectivity index is 1.55. The van der Waals surface area contributed by atoms with E-state index in [1.807, 2.05) is 12.1 Å². The summed E-state index contributed by atoms with van der Waals surface area (Å²) in [4.78, 5) is 4.58. The predicted octanol–water partition coefficient (Wildman–Crippen LogP) is 3.04. The molecule has 2 aliphatic rings. The van der Waals surface area contributed by atoms with Crippen LogP contribution in [0, 0.1) is 0 Å². The standard InChI is InChI=1S/C15H20ClN3/c16-11-7-5-10(6-8-11)13-9-14(13)19-15(17)18-12-3-1-2-4-12/h5-8,12-14H,1-4,9H2,(H3,17,18,19)/t13-,14+/m0/s1. The number of hydrogen-bond donors (Lipinski definition) is 2. The Kier molecular flexibility index (Phi) is 3.65. The first-order chi connectivity index (χ1) is 9.22. The molecule has 0 saturated heterocycles. The van der Waals surface area contributed by atoms with Crippen LogP contribution >= 0.6 is 11.6 Å². The highest BCUT2D eigenvalue weighted by atomic mass is 35.5. The van der Waals surface area contributed by atoms with E-state index in [0.29, 0.717) is 24.0 Å². The summed E-state index contributed by atoms with van der Waals surface area (Å²) in [6.45, 7) is 0. The van der Waals surface area contributed by atoms with Crippen LogP contribution in [0.4, 0.5) is 0 Å². The minimum Gasteiger partial charge on any atom is -0.370 e. The Labute approximate surface area is 119 Å². The molecular formula is C15H20ClN3. The molecular weight excluding hydrogens is 258 g/mol. The SMILES string of the molecule is NC(=N[C@@H]1C[C@H]1c1ccc(Cl)cc1)NC1CCCC1. The lowest BCUT2D eigenvalue weighted by Crippen LogP contribution is -2.38. The maximum absolute atomic E-state index is 5.98. The molecule has 3 nitrogen and oxygen atoms in total. The molecule has 2 fully saturated rings. The highest BCUT2D eigenvalue weighted by molar-refractivity contribution is 6.30. The van der Waals surface area contributed by atoms with Crippen molar-refractivity contribution in [1.82, 2.24) is 5.32 Å². The Morgan fingerprint density at radius 1 is 1.21 bits per heavy atom. The molecule has 1 aromatic carbocycles. The highest BCUT2D eigenvalue weighted by Crippen LogP contribution is 2.43. The van der Waals surface area contributed by atoms with Crippen molar-refractivity contribution in [3.05, 3.63) is 34.9 Å². The van der Waals surface area contributed by atoms with Crippen LogP contribution in [0.15, 0.2) is 29.3 Å². The first kappa shape index (κ1) is 12.8. The maximum atomic E-state index is 5.98. The van der Waals surface area contributed by atoms with E-state index in [1.165, 1.54) is 31.2 Å². The zero-order chi connectivity index (χ0) is 13.2. The van der Waals surface area contributed by atoms with Gasteiger partial charge in [0.1, 0.15) is 0 Å². The van der Waals surface area contributed by atoms with Gasteiger partial charge in [-0.2, -0.15) is 0 Å². The van der Waals surface area contributed by atoms with Gasteiger partial charge in [-0.1, -0.05) is 36.6 Å². The quantitative estimate of drug-likeness (QED) is 0.659. The van der Waals surface area contributed by atoms with E-state index in [2.05, 4.69) is 22.4 Å². The van der Waals surface area contributed by atoms with Gasteiger partial charge in [-0.25, -0.2) is 4.99 Å². The van der Waals surface area contributed by atoms with Crippen LogP contribution in [-0.2, 0) is 0 Å². The monoisotopic (exact) mass is 277 g/mol. The van der Waals surface area contributed by atoms with Crippen LogP contribution in [-0.4, -0.2) is 18.0 Å².